The van der Waals surface area contributed by atoms with Crippen molar-refractivity contribution in [3.8, 4) is 0 Å². The molecule has 0 bridgehead atoms. The van der Waals surface area contributed by atoms with Crippen molar-refractivity contribution in [2.75, 3.05) is 42.7 Å². The molecule has 10 heteroatoms. The smallest absolute Gasteiger partial charge is 0.396 e. The van der Waals surface area contributed by atoms with Gasteiger partial charge >= 0.3 is 16.3 Å². The van der Waals surface area contributed by atoms with Crippen LogP contribution < -0.4 is 0 Å². The molecule has 1 rings (SSSR count). The van der Waals surface area contributed by atoms with E-state index in [-0.39, 0.29) is 0 Å². The molecule has 1 unspecified atom stereocenters. The van der Waals surface area contributed by atoms with E-state index in [1.54, 1.807) is 28.3 Å². The zero-order chi connectivity index (χ0) is 14.7. The summed E-state index contributed by atoms with van der Waals surface area (Å²) < 4.78 is 28.0. The monoisotopic (exact) mass is 313 g/mol. The Bertz CT molecular complexity index is 300. The lowest BCUT2D eigenvalue weighted by molar-refractivity contribution is -0.411. The van der Waals surface area contributed by atoms with Gasteiger partial charge in [0.15, 0.2) is 5.79 Å². The maximum atomic E-state index is 5.70. The largest absolute Gasteiger partial charge is 0.519 e. The van der Waals surface area contributed by atoms with Crippen molar-refractivity contribution in [2.24, 2.45) is 0 Å². The quantitative estimate of drug-likeness (QED) is 0.644. The molecule has 1 aliphatic heterocycles. The minimum atomic E-state index is -3.14. The third-order valence-electron chi connectivity index (χ3n) is 3.36. The van der Waals surface area contributed by atoms with E-state index in [2.05, 4.69) is 0 Å². The van der Waals surface area contributed by atoms with Crippen molar-refractivity contribution >= 4 is 16.3 Å². The summed E-state index contributed by atoms with van der Waals surface area (Å²) in [6, 6.07) is 0.400. The molecule has 1 saturated heterocycles. The molecule has 1 atom stereocenters. The topological polar surface area (TPSA) is 67.9 Å². The number of methoxy groups -OCH3 is 1. The summed E-state index contributed by atoms with van der Waals surface area (Å²) in [5, 5.41) is 0. The fourth-order valence-corrected chi connectivity index (χ4v) is 12.7. The maximum Gasteiger partial charge on any atom is 0.519 e. The first kappa shape index (κ1) is 17.2. The van der Waals surface area contributed by atoms with Crippen LogP contribution in [0.2, 0.25) is 6.04 Å². The molecule has 0 amide bonds. The predicted molar refractivity (Wildman–Crippen MR) is 69.7 cm³/mol. The molecule has 114 valence electrons. The summed E-state index contributed by atoms with van der Waals surface area (Å²) in [7, 11) is 3.17. The van der Waals surface area contributed by atoms with Gasteiger partial charge in [-0.2, -0.15) is 0 Å². The molecular formula is C9H23NO7Si2. The lowest BCUT2D eigenvalue weighted by Crippen LogP contribution is -2.82. The molecule has 0 N–H and O–H groups in total. The molecule has 0 spiro atoms. The second kappa shape index (κ2) is 6.26. The molecular weight excluding hydrogens is 290 g/mol. The second-order valence-electron chi connectivity index (χ2n) is 4.20. The van der Waals surface area contributed by atoms with Crippen molar-refractivity contribution in [2.45, 2.75) is 18.8 Å². The molecule has 0 aromatic heterocycles. The Hall–Kier alpha value is 0.114. The first-order valence-corrected chi connectivity index (χ1v) is 10.5. The number of rotatable bonds is 6. The normalized spacial score (nSPS) is 30.5. The summed E-state index contributed by atoms with van der Waals surface area (Å²) in [4.78, 5) is 12.2. The van der Waals surface area contributed by atoms with E-state index >= 15 is 0 Å². The van der Waals surface area contributed by atoms with Crippen molar-refractivity contribution in [1.29, 1.82) is 0 Å². The van der Waals surface area contributed by atoms with Crippen molar-refractivity contribution in [3.63, 3.8) is 0 Å². The average Bonchev–Trinajstić information content (AvgIpc) is 2.46. The van der Waals surface area contributed by atoms with E-state index in [4.69, 9.17) is 32.1 Å². The lowest BCUT2D eigenvalue weighted by atomic mass is 10.4. The Morgan fingerprint density at radius 1 is 0.947 bits per heavy atom. The average molecular weight is 313 g/mol. The molecule has 1 aliphatic rings. The van der Waals surface area contributed by atoms with E-state index < -0.39 is 22.1 Å². The molecule has 0 saturated carbocycles. The Labute approximate surface area is 115 Å². The number of hydrogen-bond donors (Lipinski definition) is 0. The Balaban J connectivity index is 3.32. The summed E-state index contributed by atoms with van der Waals surface area (Å²) in [6.07, 6.45) is 0. The molecule has 1 heterocycles. The highest BCUT2D eigenvalue weighted by Gasteiger charge is 2.76. The minimum absolute atomic E-state index is 0.400. The minimum Gasteiger partial charge on any atom is -0.396 e. The van der Waals surface area contributed by atoms with E-state index in [0.29, 0.717) is 6.04 Å². The molecule has 0 aromatic carbocycles. The SMILES string of the molecule is CON1OC(C)(OC)C[Si](OC)(OC)[Si]1(OC)OC. The molecule has 1 fully saturated rings. The molecule has 0 aromatic rings. The van der Waals surface area contributed by atoms with E-state index in [1.807, 2.05) is 0 Å². The molecule has 0 radical (unpaired) electrons. The second-order valence-corrected chi connectivity index (χ2v) is 13.4. The van der Waals surface area contributed by atoms with E-state index in [0.717, 1.165) is 0 Å². The van der Waals surface area contributed by atoms with Crippen LogP contribution in [0, 0.1) is 0 Å². The van der Waals surface area contributed by atoms with Crippen LogP contribution in [-0.4, -0.2) is 69.7 Å². The predicted octanol–water partition coefficient (Wildman–Crippen LogP) is 0.203. The first-order chi connectivity index (χ1) is 8.93. The van der Waals surface area contributed by atoms with Gasteiger partial charge in [-0.3, -0.25) is 4.84 Å². The standard InChI is InChI=1S/C9H23NO7Si2/c1-9(11-2)8-18(13-4,14-5)19(15-6,16-7)10(12-3)17-9/h8H2,1-7H3. The number of hydrogen-bond acceptors (Lipinski definition) is 8. The Kier molecular flexibility index (Phi) is 5.65. The van der Waals surface area contributed by atoms with Crippen molar-refractivity contribution < 1.29 is 32.1 Å². The van der Waals surface area contributed by atoms with Gasteiger partial charge in [0.25, 0.3) is 0 Å². The van der Waals surface area contributed by atoms with Gasteiger partial charge in [-0.25, -0.2) is 4.84 Å². The van der Waals surface area contributed by atoms with Crippen LogP contribution in [0.25, 0.3) is 0 Å². The fraction of sp³-hybridized carbons (Fsp3) is 1.00. The van der Waals surface area contributed by atoms with Gasteiger partial charge in [-0.1, -0.05) is 0 Å². The van der Waals surface area contributed by atoms with Crippen LogP contribution in [0.5, 0.6) is 0 Å². The van der Waals surface area contributed by atoms with E-state index in [1.165, 1.54) is 26.2 Å². The van der Waals surface area contributed by atoms with Crippen LogP contribution in [0.15, 0.2) is 0 Å². The third-order valence-corrected chi connectivity index (χ3v) is 15.0. The molecule has 8 nitrogen and oxygen atoms in total. The fourth-order valence-electron chi connectivity index (χ4n) is 2.24. The maximum absolute atomic E-state index is 5.70. The van der Waals surface area contributed by atoms with Gasteiger partial charge in [-0.15, -0.1) is 0 Å². The van der Waals surface area contributed by atoms with Crippen LogP contribution in [0.4, 0.5) is 0 Å². The summed E-state index contributed by atoms with van der Waals surface area (Å²) >= 11 is 0. The van der Waals surface area contributed by atoms with Gasteiger partial charge < -0.3 is 22.4 Å². The van der Waals surface area contributed by atoms with Gasteiger partial charge in [0.2, 0.25) is 0 Å². The first-order valence-electron chi connectivity index (χ1n) is 5.72. The number of ether oxygens (including phenoxy) is 1. The molecule has 0 aliphatic carbocycles. The van der Waals surface area contributed by atoms with Gasteiger partial charge in [0.1, 0.15) is 0 Å². The zero-order valence-electron chi connectivity index (χ0n) is 12.5. The lowest BCUT2D eigenvalue weighted by Gasteiger charge is -2.51. The Morgan fingerprint density at radius 3 is 1.79 bits per heavy atom. The summed E-state index contributed by atoms with van der Waals surface area (Å²) in [5.41, 5.74) is 0. The zero-order valence-corrected chi connectivity index (χ0v) is 14.5. The van der Waals surface area contributed by atoms with E-state index in [9.17, 15) is 0 Å². The van der Waals surface area contributed by atoms with Gasteiger partial charge in [0, 0.05) is 41.6 Å². The van der Waals surface area contributed by atoms with Crippen LogP contribution in [0.3, 0.4) is 0 Å². The van der Waals surface area contributed by atoms with Crippen molar-refractivity contribution in [3.05, 3.63) is 0 Å². The van der Waals surface area contributed by atoms with Crippen LogP contribution in [0.1, 0.15) is 6.92 Å². The van der Waals surface area contributed by atoms with Crippen molar-refractivity contribution in [1.82, 2.24) is 4.89 Å². The highest BCUT2D eigenvalue weighted by molar-refractivity contribution is 7.30. The molecule has 19 heavy (non-hydrogen) atoms. The van der Waals surface area contributed by atoms with Gasteiger partial charge in [0.05, 0.1) is 7.11 Å². The van der Waals surface area contributed by atoms with Crippen LogP contribution >= 0.6 is 0 Å². The summed E-state index contributed by atoms with van der Waals surface area (Å²) in [5.74, 6) is -0.929. The highest BCUT2D eigenvalue weighted by Crippen LogP contribution is 2.41. The Morgan fingerprint density at radius 2 is 1.47 bits per heavy atom. The van der Waals surface area contributed by atoms with Crippen LogP contribution in [-0.2, 0) is 32.1 Å². The third kappa shape index (κ3) is 2.53. The van der Waals surface area contributed by atoms with Gasteiger partial charge in [-0.05, 0) is 11.8 Å². The number of nitrogens with zero attached hydrogens (tertiary/aromatic N) is 1. The highest BCUT2D eigenvalue weighted by atomic mass is 29.3. The summed E-state index contributed by atoms with van der Waals surface area (Å²) in [6.45, 7) is 1.78.